The third-order valence-corrected chi connectivity index (χ3v) is 3.61. The second kappa shape index (κ2) is 7.35. The van der Waals surface area contributed by atoms with Crippen molar-refractivity contribution < 1.29 is 19.1 Å². The summed E-state index contributed by atoms with van der Waals surface area (Å²) in [4.78, 5) is 21.7. The summed E-state index contributed by atoms with van der Waals surface area (Å²) in [7, 11) is 0. The first-order valence-electron chi connectivity index (χ1n) is 5.41. The van der Waals surface area contributed by atoms with Crippen LogP contribution < -0.4 is 5.32 Å². The standard InChI is InChI=1S/C12H13ClFNO3S/c1-7(16)15-11(12(17)18)6-19-5-8-2-3-10(14)9(13)4-8/h2-4,11H,5-6H2,1H3,(H,15,16)(H,17,18)/t11-/m0/s1. The molecule has 7 heteroatoms. The first kappa shape index (κ1) is 15.8. The summed E-state index contributed by atoms with van der Waals surface area (Å²) in [6.45, 7) is 1.26. The Bertz CT molecular complexity index is 484. The Labute approximate surface area is 119 Å². The van der Waals surface area contributed by atoms with E-state index >= 15 is 0 Å². The number of hydrogen-bond acceptors (Lipinski definition) is 3. The van der Waals surface area contributed by atoms with Gasteiger partial charge in [-0.15, -0.1) is 0 Å². The Balaban J connectivity index is 2.49. The summed E-state index contributed by atoms with van der Waals surface area (Å²) in [5.74, 6) is -1.25. The summed E-state index contributed by atoms with van der Waals surface area (Å²) in [6.07, 6.45) is 0. The van der Waals surface area contributed by atoms with E-state index in [2.05, 4.69) is 5.32 Å². The van der Waals surface area contributed by atoms with E-state index in [1.165, 1.54) is 30.8 Å². The molecule has 19 heavy (non-hydrogen) atoms. The van der Waals surface area contributed by atoms with Crippen molar-refractivity contribution in [1.82, 2.24) is 5.32 Å². The van der Waals surface area contributed by atoms with Crippen molar-refractivity contribution in [3.05, 3.63) is 34.6 Å². The van der Waals surface area contributed by atoms with Crippen molar-refractivity contribution in [3.8, 4) is 0 Å². The van der Waals surface area contributed by atoms with E-state index in [0.29, 0.717) is 5.75 Å². The quantitative estimate of drug-likeness (QED) is 0.846. The highest BCUT2D eigenvalue weighted by Crippen LogP contribution is 2.20. The Morgan fingerprint density at radius 2 is 2.21 bits per heavy atom. The minimum Gasteiger partial charge on any atom is -0.480 e. The van der Waals surface area contributed by atoms with Crippen molar-refractivity contribution in [1.29, 1.82) is 0 Å². The van der Waals surface area contributed by atoms with Crippen LogP contribution in [0.25, 0.3) is 0 Å². The maximum Gasteiger partial charge on any atom is 0.327 e. The molecule has 0 aromatic heterocycles. The van der Waals surface area contributed by atoms with Crippen molar-refractivity contribution in [2.75, 3.05) is 5.75 Å². The zero-order valence-electron chi connectivity index (χ0n) is 10.2. The fraction of sp³-hybridized carbons (Fsp3) is 0.333. The van der Waals surface area contributed by atoms with Gasteiger partial charge in [-0.05, 0) is 17.7 Å². The highest BCUT2D eigenvalue weighted by Gasteiger charge is 2.18. The van der Waals surface area contributed by atoms with Crippen LogP contribution in [0.3, 0.4) is 0 Å². The normalized spacial score (nSPS) is 11.9. The minimum absolute atomic E-state index is 0.0368. The van der Waals surface area contributed by atoms with Crippen LogP contribution in [-0.2, 0) is 15.3 Å². The van der Waals surface area contributed by atoms with Crippen LogP contribution in [-0.4, -0.2) is 28.8 Å². The fourth-order valence-corrected chi connectivity index (χ4v) is 2.54. The van der Waals surface area contributed by atoms with Crippen LogP contribution in [0.15, 0.2) is 18.2 Å². The zero-order valence-corrected chi connectivity index (χ0v) is 11.7. The Hall–Kier alpha value is -1.27. The SMILES string of the molecule is CC(=O)N[C@@H](CSCc1ccc(F)c(Cl)c1)C(=O)O. The lowest BCUT2D eigenvalue weighted by molar-refractivity contribution is -0.140. The molecule has 0 aliphatic heterocycles. The van der Waals surface area contributed by atoms with Crippen LogP contribution >= 0.6 is 23.4 Å². The number of thioether (sulfide) groups is 1. The molecule has 1 amide bonds. The summed E-state index contributed by atoms with van der Waals surface area (Å²) in [6, 6.07) is 3.42. The molecule has 0 heterocycles. The molecule has 1 rings (SSSR count). The molecule has 1 aromatic carbocycles. The molecular formula is C12H13ClFNO3S. The molecule has 0 saturated carbocycles. The Morgan fingerprint density at radius 3 is 2.74 bits per heavy atom. The van der Waals surface area contributed by atoms with Crippen molar-refractivity contribution in [3.63, 3.8) is 0 Å². The number of amides is 1. The molecule has 0 fully saturated rings. The average Bonchev–Trinajstić information content (AvgIpc) is 2.31. The number of halogens is 2. The molecule has 104 valence electrons. The van der Waals surface area contributed by atoms with Crippen LogP contribution in [0.1, 0.15) is 12.5 Å². The molecule has 0 bridgehead atoms. The summed E-state index contributed by atoms with van der Waals surface area (Å²) < 4.78 is 12.9. The van der Waals surface area contributed by atoms with Crippen molar-refractivity contribution in [2.24, 2.45) is 0 Å². The highest BCUT2D eigenvalue weighted by atomic mass is 35.5. The maximum absolute atomic E-state index is 12.9. The predicted molar refractivity (Wildman–Crippen MR) is 72.8 cm³/mol. The second-order valence-electron chi connectivity index (χ2n) is 3.85. The van der Waals surface area contributed by atoms with Gasteiger partial charge in [-0.2, -0.15) is 11.8 Å². The number of aliphatic carboxylic acids is 1. The molecule has 2 N–H and O–H groups in total. The molecule has 0 unspecified atom stereocenters. The van der Waals surface area contributed by atoms with Gasteiger partial charge in [-0.3, -0.25) is 4.79 Å². The summed E-state index contributed by atoms with van der Waals surface area (Å²) in [5, 5.41) is 11.3. The predicted octanol–water partition coefficient (Wildman–Crippen LogP) is 2.30. The first-order valence-corrected chi connectivity index (χ1v) is 6.95. The van der Waals surface area contributed by atoms with Gasteiger partial charge in [-0.25, -0.2) is 9.18 Å². The van der Waals surface area contributed by atoms with Gasteiger partial charge >= 0.3 is 5.97 Å². The maximum atomic E-state index is 12.9. The monoisotopic (exact) mass is 305 g/mol. The molecule has 4 nitrogen and oxygen atoms in total. The smallest absolute Gasteiger partial charge is 0.327 e. The zero-order chi connectivity index (χ0) is 14.4. The van der Waals surface area contributed by atoms with Crippen LogP contribution in [0.4, 0.5) is 4.39 Å². The lowest BCUT2D eigenvalue weighted by Crippen LogP contribution is -2.41. The highest BCUT2D eigenvalue weighted by molar-refractivity contribution is 7.98. The summed E-state index contributed by atoms with van der Waals surface area (Å²) >= 11 is 6.96. The molecule has 1 aromatic rings. The van der Waals surface area contributed by atoms with Crippen LogP contribution in [0.5, 0.6) is 0 Å². The number of nitrogens with one attached hydrogen (secondary N) is 1. The number of carboxylic acid groups (broad SMARTS) is 1. The second-order valence-corrected chi connectivity index (χ2v) is 5.29. The largest absolute Gasteiger partial charge is 0.480 e. The topological polar surface area (TPSA) is 66.4 Å². The molecule has 0 saturated heterocycles. The number of rotatable bonds is 6. The fourth-order valence-electron chi connectivity index (χ4n) is 1.34. The third kappa shape index (κ3) is 5.48. The van der Waals surface area contributed by atoms with Gasteiger partial charge in [0.05, 0.1) is 5.02 Å². The molecule has 0 aliphatic rings. The van der Waals surface area contributed by atoms with E-state index in [9.17, 15) is 14.0 Å². The van der Waals surface area contributed by atoms with E-state index in [0.717, 1.165) is 5.56 Å². The number of carbonyl (C=O) groups excluding carboxylic acids is 1. The molecule has 0 aliphatic carbocycles. The lowest BCUT2D eigenvalue weighted by Gasteiger charge is -2.12. The van der Waals surface area contributed by atoms with E-state index in [-0.39, 0.29) is 10.8 Å². The number of benzene rings is 1. The number of carbonyl (C=O) groups is 2. The van der Waals surface area contributed by atoms with Gasteiger partial charge in [0.25, 0.3) is 0 Å². The van der Waals surface area contributed by atoms with Gasteiger partial charge in [0, 0.05) is 18.4 Å². The third-order valence-electron chi connectivity index (χ3n) is 2.21. The molecule has 0 radical (unpaired) electrons. The van der Waals surface area contributed by atoms with Gasteiger partial charge in [-0.1, -0.05) is 17.7 Å². The Kier molecular flexibility index (Phi) is 6.11. The van der Waals surface area contributed by atoms with Gasteiger partial charge in [0.15, 0.2) is 0 Å². The molecule has 1 atom stereocenters. The van der Waals surface area contributed by atoms with Crippen LogP contribution in [0, 0.1) is 5.82 Å². The lowest BCUT2D eigenvalue weighted by atomic mass is 10.2. The van der Waals surface area contributed by atoms with Gasteiger partial charge in [0.2, 0.25) is 5.91 Å². The van der Waals surface area contributed by atoms with Gasteiger partial charge < -0.3 is 10.4 Å². The van der Waals surface area contributed by atoms with E-state index in [1.807, 2.05) is 0 Å². The van der Waals surface area contributed by atoms with Crippen molar-refractivity contribution >= 4 is 35.2 Å². The van der Waals surface area contributed by atoms with E-state index in [4.69, 9.17) is 16.7 Å². The van der Waals surface area contributed by atoms with Gasteiger partial charge in [0.1, 0.15) is 11.9 Å². The average molecular weight is 306 g/mol. The first-order chi connectivity index (χ1) is 8.90. The van der Waals surface area contributed by atoms with Crippen molar-refractivity contribution in [2.45, 2.75) is 18.7 Å². The minimum atomic E-state index is -1.08. The van der Waals surface area contributed by atoms with Crippen LogP contribution in [0.2, 0.25) is 5.02 Å². The Morgan fingerprint density at radius 1 is 1.53 bits per heavy atom. The number of carboxylic acids is 1. The molecule has 0 spiro atoms. The number of hydrogen-bond donors (Lipinski definition) is 2. The van der Waals surface area contributed by atoms with E-state index in [1.54, 1.807) is 6.07 Å². The van der Waals surface area contributed by atoms with E-state index < -0.39 is 23.7 Å². The molecular weight excluding hydrogens is 293 g/mol. The summed E-state index contributed by atoms with van der Waals surface area (Å²) in [5.41, 5.74) is 0.795.